The fraction of sp³-hybridized carbons (Fsp3) is 1.00. The Balaban J connectivity index is 1.66. The van der Waals surface area contributed by atoms with Gasteiger partial charge in [-0.05, 0) is 38.6 Å². The average molecular weight is 255 g/mol. The van der Waals surface area contributed by atoms with E-state index in [-0.39, 0.29) is 0 Å². The van der Waals surface area contributed by atoms with Crippen LogP contribution < -0.4 is 5.32 Å². The van der Waals surface area contributed by atoms with Crippen LogP contribution in [0.3, 0.4) is 0 Å². The first kappa shape index (κ1) is 14.3. The zero-order valence-corrected chi connectivity index (χ0v) is 12.2. The van der Waals surface area contributed by atoms with Crippen molar-refractivity contribution >= 4 is 0 Å². The van der Waals surface area contributed by atoms with Crippen molar-refractivity contribution in [3.05, 3.63) is 0 Å². The van der Waals surface area contributed by atoms with Crippen molar-refractivity contribution in [1.82, 2.24) is 5.32 Å². The standard InChI is InChI=1S/C15H29NO2/c1-15(2)13(12-8-7-11-18-14(12)15)16-9-5-4-6-10-17-3/h12-14,16H,4-11H2,1-3H3. The molecule has 0 aromatic heterocycles. The highest BCUT2D eigenvalue weighted by Gasteiger charge is 2.57. The topological polar surface area (TPSA) is 30.5 Å². The predicted octanol–water partition coefficient (Wildman–Crippen LogP) is 2.60. The quantitative estimate of drug-likeness (QED) is 0.709. The zero-order chi connectivity index (χ0) is 13.0. The van der Waals surface area contributed by atoms with Crippen LogP contribution in [0.2, 0.25) is 0 Å². The van der Waals surface area contributed by atoms with Gasteiger partial charge in [0.05, 0.1) is 6.10 Å². The van der Waals surface area contributed by atoms with Gasteiger partial charge in [0.25, 0.3) is 0 Å². The maximum absolute atomic E-state index is 5.93. The average Bonchev–Trinajstić information content (AvgIpc) is 2.37. The second-order valence-electron chi connectivity index (χ2n) is 6.40. The van der Waals surface area contributed by atoms with Crippen LogP contribution in [0.25, 0.3) is 0 Å². The molecule has 3 nitrogen and oxygen atoms in total. The summed E-state index contributed by atoms with van der Waals surface area (Å²) in [5, 5.41) is 3.76. The maximum Gasteiger partial charge on any atom is 0.0684 e. The summed E-state index contributed by atoms with van der Waals surface area (Å²) in [6, 6.07) is 0.658. The first-order valence-electron chi connectivity index (χ1n) is 7.52. The number of hydrogen-bond donors (Lipinski definition) is 1. The van der Waals surface area contributed by atoms with Crippen molar-refractivity contribution in [2.24, 2.45) is 11.3 Å². The fourth-order valence-electron chi connectivity index (χ4n) is 3.74. The van der Waals surface area contributed by atoms with Crippen molar-refractivity contribution < 1.29 is 9.47 Å². The van der Waals surface area contributed by atoms with Crippen LogP contribution in [0.15, 0.2) is 0 Å². The lowest BCUT2D eigenvalue weighted by molar-refractivity contribution is -0.192. The Morgan fingerprint density at radius 2 is 2.11 bits per heavy atom. The molecule has 1 aliphatic heterocycles. The van der Waals surface area contributed by atoms with Crippen LogP contribution in [-0.4, -0.2) is 39.0 Å². The van der Waals surface area contributed by atoms with E-state index in [9.17, 15) is 0 Å². The third-order valence-corrected chi connectivity index (χ3v) is 4.72. The molecule has 1 aliphatic carbocycles. The molecule has 0 bridgehead atoms. The molecule has 2 aliphatic rings. The first-order chi connectivity index (χ1) is 8.68. The summed E-state index contributed by atoms with van der Waals surface area (Å²) in [5.41, 5.74) is 0.317. The molecule has 1 heterocycles. The highest BCUT2D eigenvalue weighted by atomic mass is 16.5. The Morgan fingerprint density at radius 1 is 1.28 bits per heavy atom. The zero-order valence-electron chi connectivity index (χ0n) is 12.2. The van der Waals surface area contributed by atoms with E-state index in [1.807, 2.05) is 0 Å². The van der Waals surface area contributed by atoms with Crippen LogP contribution in [0, 0.1) is 11.3 Å². The molecule has 106 valence electrons. The Bertz CT molecular complexity index is 255. The molecule has 0 amide bonds. The van der Waals surface area contributed by atoms with Gasteiger partial charge in [-0.3, -0.25) is 0 Å². The molecule has 3 atom stereocenters. The monoisotopic (exact) mass is 255 g/mol. The summed E-state index contributed by atoms with van der Waals surface area (Å²) >= 11 is 0. The Labute approximate surface area is 112 Å². The van der Waals surface area contributed by atoms with E-state index < -0.39 is 0 Å². The SMILES string of the molecule is COCCCCCNC1C2CCCOC2C1(C)C. The second kappa shape index (κ2) is 6.36. The first-order valence-corrected chi connectivity index (χ1v) is 7.52. The lowest BCUT2D eigenvalue weighted by atomic mass is 9.55. The highest BCUT2D eigenvalue weighted by molar-refractivity contribution is 5.10. The van der Waals surface area contributed by atoms with E-state index in [0.717, 1.165) is 25.7 Å². The normalized spacial score (nSPS) is 33.8. The van der Waals surface area contributed by atoms with E-state index in [2.05, 4.69) is 19.2 Å². The Morgan fingerprint density at radius 3 is 2.89 bits per heavy atom. The van der Waals surface area contributed by atoms with E-state index in [1.165, 1.54) is 32.1 Å². The number of ether oxygens (including phenoxy) is 2. The number of methoxy groups -OCH3 is 1. The minimum atomic E-state index is 0.317. The molecule has 0 aromatic rings. The molecule has 3 heteroatoms. The van der Waals surface area contributed by atoms with Crippen LogP contribution in [0.4, 0.5) is 0 Å². The summed E-state index contributed by atoms with van der Waals surface area (Å²) in [5.74, 6) is 0.757. The smallest absolute Gasteiger partial charge is 0.0684 e. The lowest BCUT2D eigenvalue weighted by Crippen LogP contribution is -2.69. The van der Waals surface area contributed by atoms with Gasteiger partial charge in [0.2, 0.25) is 0 Å². The number of unbranched alkanes of at least 4 members (excludes halogenated alkanes) is 2. The predicted molar refractivity (Wildman–Crippen MR) is 73.8 cm³/mol. The van der Waals surface area contributed by atoms with Gasteiger partial charge in [-0.1, -0.05) is 13.8 Å². The highest BCUT2D eigenvalue weighted by Crippen LogP contribution is 2.51. The largest absolute Gasteiger partial charge is 0.385 e. The van der Waals surface area contributed by atoms with Gasteiger partial charge >= 0.3 is 0 Å². The molecule has 1 saturated carbocycles. The molecule has 0 aromatic carbocycles. The van der Waals surface area contributed by atoms with Crippen molar-refractivity contribution in [2.45, 2.75) is 58.1 Å². The number of fused-ring (bicyclic) bond motifs is 1. The van der Waals surface area contributed by atoms with Gasteiger partial charge in [-0.15, -0.1) is 0 Å². The lowest BCUT2D eigenvalue weighted by Gasteiger charge is -2.60. The number of nitrogens with one attached hydrogen (secondary N) is 1. The van der Waals surface area contributed by atoms with Crippen LogP contribution in [0.5, 0.6) is 0 Å². The molecule has 0 spiro atoms. The van der Waals surface area contributed by atoms with Crippen molar-refractivity contribution in [3.63, 3.8) is 0 Å². The Kier molecular flexibility index (Phi) is 5.05. The fourth-order valence-corrected chi connectivity index (χ4v) is 3.74. The second-order valence-corrected chi connectivity index (χ2v) is 6.40. The minimum absolute atomic E-state index is 0.317. The van der Waals surface area contributed by atoms with Gasteiger partial charge in [0.1, 0.15) is 0 Å². The number of rotatable bonds is 7. The molecule has 2 fully saturated rings. The van der Waals surface area contributed by atoms with E-state index >= 15 is 0 Å². The molecule has 2 rings (SSSR count). The van der Waals surface area contributed by atoms with Gasteiger partial charge in [0.15, 0.2) is 0 Å². The summed E-state index contributed by atoms with van der Waals surface area (Å²) in [6.07, 6.45) is 6.78. The molecule has 0 radical (unpaired) electrons. The van der Waals surface area contributed by atoms with Crippen molar-refractivity contribution in [3.8, 4) is 0 Å². The molecular weight excluding hydrogens is 226 g/mol. The molecule has 18 heavy (non-hydrogen) atoms. The summed E-state index contributed by atoms with van der Waals surface area (Å²) in [6.45, 7) is 7.70. The van der Waals surface area contributed by atoms with Gasteiger partial charge < -0.3 is 14.8 Å². The van der Waals surface area contributed by atoms with E-state index in [1.54, 1.807) is 7.11 Å². The summed E-state index contributed by atoms with van der Waals surface area (Å²) in [7, 11) is 1.78. The molecule has 1 saturated heterocycles. The van der Waals surface area contributed by atoms with Gasteiger partial charge in [0, 0.05) is 37.7 Å². The summed E-state index contributed by atoms with van der Waals surface area (Å²) < 4.78 is 11.0. The maximum atomic E-state index is 5.93. The van der Waals surface area contributed by atoms with E-state index in [4.69, 9.17) is 9.47 Å². The molecular formula is C15H29NO2. The van der Waals surface area contributed by atoms with Crippen molar-refractivity contribution in [1.29, 1.82) is 0 Å². The molecule has 1 N–H and O–H groups in total. The third kappa shape index (κ3) is 2.89. The molecule has 3 unspecified atom stereocenters. The van der Waals surface area contributed by atoms with Gasteiger partial charge in [-0.2, -0.15) is 0 Å². The van der Waals surface area contributed by atoms with Crippen LogP contribution >= 0.6 is 0 Å². The van der Waals surface area contributed by atoms with Crippen LogP contribution in [-0.2, 0) is 9.47 Å². The van der Waals surface area contributed by atoms with E-state index in [0.29, 0.717) is 17.6 Å². The Hall–Kier alpha value is -0.120. The van der Waals surface area contributed by atoms with Crippen molar-refractivity contribution in [2.75, 3.05) is 26.9 Å². The summed E-state index contributed by atoms with van der Waals surface area (Å²) in [4.78, 5) is 0. The number of hydrogen-bond acceptors (Lipinski definition) is 3. The van der Waals surface area contributed by atoms with Crippen LogP contribution in [0.1, 0.15) is 46.0 Å². The minimum Gasteiger partial charge on any atom is -0.385 e. The van der Waals surface area contributed by atoms with Gasteiger partial charge in [-0.25, -0.2) is 0 Å². The third-order valence-electron chi connectivity index (χ3n) is 4.72.